The molecular weight excluding hydrogens is 374 g/mol. The molecule has 2 heterocycles. The Morgan fingerprint density at radius 1 is 0.897 bits per heavy atom. The molecule has 5 nitrogen and oxygen atoms in total. The lowest BCUT2D eigenvalue weighted by Gasteiger charge is -2.36. The summed E-state index contributed by atoms with van der Waals surface area (Å²) in [6, 6.07) is 16.1. The first kappa shape index (κ1) is 18.9. The lowest BCUT2D eigenvalue weighted by atomic mass is 10.2. The van der Waals surface area contributed by atoms with E-state index < -0.39 is 0 Å². The third kappa shape index (κ3) is 4.34. The number of amides is 1. The second-order valence-corrected chi connectivity index (χ2v) is 6.79. The van der Waals surface area contributed by atoms with Gasteiger partial charge in [0.1, 0.15) is 17.5 Å². The molecule has 7 heteroatoms. The Balaban J connectivity index is 1.36. The summed E-state index contributed by atoms with van der Waals surface area (Å²) in [5.41, 5.74) is 1.77. The predicted molar refractivity (Wildman–Crippen MR) is 108 cm³/mol. The number of hydrogen-bond acceptors (Lipinski definition) is 4. The fourth-order valence-corrected chi connectivity index (χ4v) is 3.32. The minimum absolute atomic E-state index is 0.0981. The summed E-state index contributed by atoms with van der Waals surface area (Å²) in [4.78, 5) is 20.7. The number of anilines is 3. The molecule has 0 spiro atoms. The van der Waals surface area contributed by atoms with Gasteiger partial charge in [-0.3, -0.25) is 4.79 Å². The molecular formula is C22H20F2N4O. The number of rotatable bonds is 4. The molecule has 0 aliphatic carbocycles. The average molecular weight is 394 g/mol. The molecule has 29 heavy (non-hydrogen) atoms. The third-order valence-corrected chi connectivity index (χ3v) is 4.89. The van der Waals surface area contributed by atoms with Crippen molar-refractivity contribution in [3.63, 3.8) is 0 Å². The van der Waals surface area contributed by atoms with Crippen LogP contribution >= 0.6 is 0 Å². The Bertz CT molecular complexity index is 984. The first-order valence-corrected chi connectivity index (χ1v) is 9.37. The van der Waals surface area contributed by atoms with Gasteiger partial charge < -0.3 is 15.1 Å². The van der Waals surface area contributed by atoms with Crippen LogP contribution in [0.2, 0.25) is 0 Å². The number of pyridine rings is 1. The van der Waals surface area contributed by atoms with E-state index in [9.17, 15) is 13.6 Å². The van der Waals surface area contributed by atoms with Crippen LogP contribution in [0, 0.1) is 11.6 Å². The van der Waals surface area contributed by atoms with Crippen LogP contribution in [0.1, 0.15) is 10.4 Å². The van der Waals surface area contributed by atoms with Gasteiger partial charge in [-0.15, -0.1) is 0 Å². The number of halogens is 2. The summed E-state index contributed by atoms with van der Waals surface area (Å²) >= 11 is 0. The fraction of sp³-hybridized carbons (Fsp3) is 0.182. The largest absolute Gasteiger partial charge is 0.366 e. The van der Waals surface area contributed by atoms with Crippen LogP contribution in [0.4, 0.5) is 26.0 Å². The number of aromatic nitrogens is 1. The molecule has 3 aromatic rings. The highest BCUT2D eigenvalue weighted by Gasteiger charge is 2.23. The molecule has 1 aliphatic heterocycles. The minimum Gasteiger partial charge on any atom is -0.366 e. The van der Waals surface area contributed by atoms with Gasteiger partial charge in [0.15, 0.2) is 0 Å². The third-order valence-electron chi connectivity index (χ3n) is 4.89. The van der Waals surface area contributed by atoms with Crippen LogP contribution in [0.25, 0.3) is 0 Å². The Morgan fingerprint density at radius 3 is 2.28 bits per heavy atom. The SMILES string of the molecule is O=C(c1ccc(Nc2ccc(F)cc2)nc1)N1CCN(c2ccccc2F)CC1. The number of benzene rings is 2. The molecule has 0 bridgehead atoms. The second-order valence-electron chi connectivity index (χ2n) is 6.79. The highest BCUT2D eigenvalue weighted by Crippen LogP contribution is 2.21. The van der Waals surface area contributed by atoms with Crippen LogP contribution < -0.4 is 10.2 Å². The monoisotopic (exact) mass is 394 g/mol. The number of hydrogen-bond donors (Lipinski definition) is 1. The molecule has 2 aromatic carbocycles. The van der Waals surface area contributed by atoms with Crippen molar-refractivity contribution >= 4 is 23.1 Å². The van der Waals surface area contributed by atoms with Gasteiger partial charge in [0, 0.05) is 38.1 Å². The highest BCUT2D eigenvalue weighted by molar-refractivity contribution is 5.94. The first-order chi connectivity index (χ1) is 14.1. The number of carbonyl (C=O) groups is 1. The molecule has 4 rings (SSSR count). The van der Waals surface area contributed by atoms with Crippen molar-refractivity contribution in [3.05, 3.63) is 84.1 Å². The summed E-state index contributed by atoms with van der Waals surface area (Å²) in [5, 5.41) is 3.06. The zero-order valence-electron chi connectivity index (χ0n) is 15.7. The number of piperazine rings is 1. The number of carbonyl (C=O) groups excluding carboxylic acids is 1. The molecule has 0 unspecified atom stereocenters. The van der Waals surface area contributed by atoms with Crippen molar-refractivity contribution in [1.29, 1.82) is 0 Å². The maximum absolute atomic E-state index is 14.0. The quantitative estimate of drug-likeness (QED) is 0.725. The van der Waals surface area contributed by atoms with E-state index in [1.54, 1.807) is 41.3 Å². The molecule has 1 fully saturated rings. The molecule has 1 aromatic heterocycles. The Morgan fingerprint density at radius 2 is 1.62 bits per heavy atom. The van der Waals surface area contributed by atoms with Crippen LogP contribution in [0.15, 0.2) is 66.9 Å². The number of nitrogens with one attached hydrogen (secondary N) is 1. The summed E-state index contributed by atoms with van der Waals surface area (Å²) < 4.78 is 26.9. The second kappa shape index (κ2) is 8.26. The Kier molecular flexibility index (Phi) is 5.37. The van der Waals surface area contributed by atoms with Crippen molar-refractivity contribution in [1.82, 2.24) is 9.88 Å². The smallest absolute Gasteiger partial charge is 0.255 e. The molecule has 0 atom stereocenters. The zero-order valence-corrected chi connectivity index (χ0v) is 15.7. The highest BCUT2D eigenvalue weighted by atomic mass is 19.1. The maximum atomic E-state index is 14.0. The van der Waals surface area contributed by atoms with Crippen LogP contribution in [-0.2, 0) is 0 Å². The van der Waals surface area contributed by atoms with Gasteiger partial charge in [-0.1, -0.05) is 12.1 Å². The summed E-state index contributed by atoms with van der Waals surface area (Å²) in [5.74, 6) is -0.0863. The van der Waals surface area contributed by atoms with E-state index in [0.717, 1.165) is 0 Å². The van der Waals surface area contributed by atoms with E-state index in [4.69, 9.17) is 0 Å². The van der Waals surface area contributed by atoms with Gasteiger partial charge >= 0.3 is 0 Å². The van der Waals surface area contributed by atoms with Crippen LogP contribution in [0.5, 0.6) is 0 Å². The van der Waals surface area contributed by atoms with Gasteiger partial charge in [0.2, 0.25) is 0 Å². The normalized spacial score (nSPS) is 14.0. The van der Waals surface area contributed by atoms with Gasteiger partial charge in [-0.05, 0) is 48.5 Å². The van der Waals surface area contributed by atoms with Crippen molar-refractivity contribution in [3.8, 4) is 0 Å². The molecule has 1 saturated heterocycles. The van der Waals surface area contributed by atoms with Crippen molar-refractivity contribution in [2.24, 2.45) is 0 Å². The van der Waals surface area contributed by atoms with E-state index >= 15 is 0 Å². The van der Waals surface area contributed by atoms with E-state index in [0.29, 0.717) is 48.9 Å². The summed E-state index contributed by atoms with van der Waals surface area (Å²) in [6.45, 7) is 2.18. The van der Waals surface area contributed by atoms with Crippen molar-refractivity contribution in [2.75, 3.05) is 36.4 Å². The van der Waals surface area contributed by atoms with Gasteiger partial charge in [0.05, 0.1) is 11.3 Å². The maximum Gasteiger partial charge on any atom is 0.255 e. The van der Waals surface area contributed by atoms with E-state index in [2.05, 4.69) is 10.3 Å². The molecule has 0 saturated carbocycles. The van der Waals surface area contributed by atoms with Crippen molar-refractivity contribution < 1.29 is 13.6 Å². The molecule has 0 radical (unpaired) electrons. The molecule has 148 valence electrons. The Labute approximate surface area is 167 Å². The average Bonchev–Trinajstić information content (AvgIpc) is 2.76. The lowest BCUT2D eigenvalue weighted by molar-refractivity contribution is 0.0746. The first-order valence-electron chi connectivity index (χ1n) is 9.37. The van der Waals surface area contributed by atoms with Crippen LogP contribution in [-0.4, -0.2) is 42.0 Å². The van der Waals surface area contributed by atoms with Crippen LogP contribution in [0.3, 0.4) is 0 Å². The lowest BCUT2D eigenvalue weighted by Crippen LogP contribution is -2.49. The molecule has 1 N–H and O–H groups in total. The van der Waals surface area contributed by atoms with Gasteiger partial charge in [0.25, 0.3) is 5.91 Å². The summed E-state index contributed by atoms with van der Waals surface area (Å²) in [7, 11) is 0. The Hall–Kier alpha value is -3.48. The molecule has 1 aliphatic rings. The topological polar surface area (TPSA) is 48.5 Å². The zero-order chi connectivity index (χ0) is 20.2. The van der Waals surface area contributed by atoms with Gasteiger partial charge in [-0.25, -0.2) is 13.8 Å². The van der Waals surface area contributed by atoms with E-state index in [1.165, 1.54) is 24.4 Å². The number of para-hydroxylation sites is 1. The standard InChI is InChI=1S/C22H20F2N4O/c23-17-6-8-18(9-7-17)26-21-10-5-16(15-25-21)22(29)28-13-11-27(12-14-28)20-4-2-1-3-19(20)24/h1-10,15H,11-14H2,(H,25,26). The number of nitrogens with zero attached hydrogens (tertiary/aromatic N) is 3. The predicted octanol–water partition coefficient (Wildman–Crippen LogP) is 4.07. The molecule has 1 amide bonds. The summed E-state index contributed by atoms with van der Waals surface area (Å²) in [6.07, 6.45) is 1.53. The fourth-order valence-electron chi connectivity index (χ4n) is 3.32. The van der Waals surface area contributed by atoms with Gasteiger partial charge in [-0.2, -0.15) is 0 Å². The van der Waals surface area contributed by atoms with E-state index in [-0.39, 0.29) is 17.5 Å². The van der Waals surface area contributed by atoms with Crippen molar-refractivity contribution in [2.45, 2.75) is 0 Å². The minimum atomic E-state index is -0.306. The van der Waals surface area contributed by atoms with E-state index in [1.807, 2.05) is 11.0 Å².